The average Bonchev–Trinajstić information content (AvgIpc) is 3.01. The zero-order chi connectivity index (χ0) is 15.1. The highest BCUT2D eigenvalue weighted by Gasteiger charge is 2.22. The summed E-state index contributed by atoms with van der Waals surface area (Å²) in [5.41, 5.74) is 0.941. The van der Waals surface area contributed by atoms with Crippen molar-refractivity contribution in [1.82, 2.24) is 5.32 Å². The lowest BCUT2D eigenvalue weighted by atomic mass is 10.0. The molecule has 0 aromatic heterocycles. The van der Waals surface area contributed by atoms with Gasteiger partial charge in [-0.15, -0.1) is 0 Å². The van der Waals surface area contributed by atoms with E-state index in [1.54, 1.807) is 0 Å². The van der Waals surface area contributed by atoms with Crippen LogP contribution in [0.5, 0.6) is 0 Å². The van der Waals surface area contributed by atoms with E-state index in [1.807, 2.05) is 24.3 Å². The summed E-state index contributed by atoms with van der Waals surface area (Å²) < 4.78 is 10.9. The van der Waals surface area contributed by atoms with Crippen molar-refractivity contribution in [2.45, 2.75) is 32.1 Å². The van der Waals surface area contributed by atoms with Crippen LogP contribution in [0.4, 0.5) is 0 Å². The smallest absolute Gasteiger partial charge is 0.0897 e. The van der Waals surface area contributed by atoms with Gasteiger partial charge in [0.25, 0.3) is 0 Å². The van der Waals surface area contributed by atoms with Crippen LogP contribution in [0.3, 0.4) is 0 Å². The van der Waals surface area contributed by atoms with Gasteiger partial charge in [0.2, 0.25) is 0 Å². The van der Waals surface area contributed by atoms with Crippen LogP contribution >= 0.6 is 11.6 Å². The van der Waals surface area contributed by atoms with Crippen LogP contribution in [-0.4, -0.2) is 43.6 Å². The summed E-state index contributed by atoms with van der Waals surface area (Å²) in [7, 11) is 0. The van der Waals surface area contributed by atoms with E-state index in [0.717, 1.165) is 25.2 Å². The maximum atomic E-state index is 9.94. The van der Waals surface area contributed by atoms with Crippen LogP contribution in [-0.2, 0) is 16.1 Å². The first kappa shape index (κ1) is 16.7. The molecule has 0 saturated carbocycles. The first-order valence-corrected chi connectivity index (χ1v) is 7.85. The Bertz CT molecular complexity index is 424. The van der Waals surface area contributed by atoms with Crippen molar-refractivity contribution in [1.29, 1.82) is 0 Å². The number of halogens is 1. The third kappa shape index (κ3) is 5.57. The highest BCUT2D eigenvalue weighted by atomic mass is 35.5. The average molecular weight is 314 g/mol. The molecule has 3 atom stereocenters. The Labute approximate surface area is 131 Å². The van der Waals surface area contributed by atoms with Gasteiger partial charge >= 0.3 is 0 Å². The van der Waals surface area contributed by atoms with Crippen LogP contribution in [0.25, 0.3) is 0 Å². The molecule has 1 fully saturated rings. The molecule has 0 bridgehead atoms. The van der Waals surface area contributed by atoms with E-state index in [0.29, 0.717) is 36.7 Å². The second-order valence-corrected chi connectivity index (χ2v) is 5.99. The summed E-state index contributed by atoms with van der Waals surface area (Å²) in [5, 5.41) is 14.0. The SMILES string of the molecule is CC(NCC(O)COCc1ccccc1Cl)C1CCOC1. The Morgan fingerprint density at radius 2 is 2.29 bits per heavy atom. The van der Waals surface area contributed by atoms with E-state index in [-0.39, 0.29) is 0 Å². The first-order valence-electron chi connectivity index (χ1n) is 7.47. The summed E-state index contributed by atoms with van der Waals surface area (Å²) >= 11 is 6.05. The van der Waals surface area contributed by atoms with Gasteiger partial charge in [-0.2, -0.15) is 0 Å². The molecule has 2 rings (SSSR count). The number of benzene rings is 1. The number of aliphatic hydroxyl groups excluding tert-OH is 1. The van der Waals surface area contributed by atoms with E-state index in [4.69, 9.17) is 21.1 Å². The van der Waals surface area contributed by atoms with E-state index < -0.39 is 6.10 Å². The molecule has 5 heteroatoms. The fourth-order valence-electron chi connectivity index (χ4n) is 2.41. The standard InChI is InChI=1S/C16H24ClNO3/c1-12(13-6-7-20-9-13)18-8-15(19)11-21-10-14-4-2-3-5-16(14)17/h2-5,12-13,15,18-19H,6-11H2,1H3. The van der Waals surface area contributed by atoms with E-state index in [9.17, 15) is 5.11 Å². The summed E-state index contributed by atoms with van der Waals surface area (Å²) in [6.45, 7) is 5.04. The number of nitrogens with one attached hydrogen (secondary N) is 1. The van der Waals surface area contributed by atoms with Crippen molar-refractivity contribution in [3.63, 3.8) is 0 Å². The maximum Gasteiger partial charge on any atom is 0.0897 e. The number of aliphatic hydroxyl groups is 1. The quantitative estimate of drug-likeness (QED) is 0.773. The van der Waals surface area contributed by atoms with Crippen molar-refractivity contribution < 1.29 is 14.6 Å². The van der Waals surface area contributed by atoms with Gasteiger partial charge in [0.05, 0.1) is 25.9 Å². The number of hydrogen-bond acceptors (Lipinski definition) is 4. The lowest BCUT2D eigenvalue weighted by Gasteiger charge is -2.21. The van der Waals surface area contributed by atoms with Crippen molar-refractivity contribution in [2.24, 2.45) is 5.92 Å². The molecule has 0 radical (unpaired) electrons. The van der Waals surface area contributed by atoms with Gasteiger partial charge in [-0.05, 0) is 30.9 Å². The van der Waals surface area contributed by atoms with Crippen molar-refractivity contribution in [3.8, 4) is 0 Å². The highest BCUT2D eigenvalue weighted by molar-refractivity contribution is 6.31. The number of rotatable bonds is 8. The molecule has 1 heterocycles. The van der Waals surface area contributed by atoms with Crippen LogP contribution < -0.4 is 5.32 Å². The summed E-state index contributed by atoms with van der Waals surface area (Å²) in [6.07, 6.45) is 0.574. The predicted octanol–water partition coefficient (Wildman–Crippen LogP) is 2.23. The van der Waals surface area contributed by atoms with Crippen molar-refractivity contribution in [3.05, 3.63) is 34.9 Å². The molecule has 1 aliphatic heterocycles. The fraction of sp³-hybridized carbons (Fsp3) is 0.625. The Balaban J connectivity index is 1.61. The second kappa shape index (κ2) is 8.71. The molecular formula is C16H24ClNO3. The van der Waals surface area contributed by atoms with Gasteiger partial charge in [0.15, 0.2) is 0 Å². The van der Waals surface area contributed by atoms with E-state index in [2.05, 4.69) is 12.2 Å². The Hall–Kier alpha value is -0.650. The first-order chi connectivity index (χ1) is 10.2. The van der Waals surface area contributed by atoms with Gasteiger partial charge in [-0.3, -0.25) is 0 Å². The minimum atomic E-state index is -0.516. The molecular weight excluding hydrogens is 290 g/mol. The molecule has 0 aliphatic carbocycles. The third-order valence-corrected chi connectivity index (χ3v) is 4.24. The summed E-state index contributed by atoms with van der Waals surface area (Å²) in [5.74, 6) is 0.543. The van der Waals surface area contributed by atoms with Crippen LogP contribution in [0.1, 0.15) is 18.9 Å². The molecule has 3 unspecified atom stereocenters. The molecule has 1 aliphatic rings. The Kier molecular flexibility index (Phi) is 6.93. The Morgan fingerprint density at radius 1 is 1.48 bits per heavy atom. The van der Waals surface area contributed by atoms with Gasteiger partial charge < -0.3 is 19.9 Å². The lowest BCUT2D eigenvalue weighted by Crippen LogP contribution is -2.40. The molecule has 118 valence electrons. The van der Waals surface area contributed by atoms with Gasteiger partial charge in [-0.1, -0.05) is 29.8 Å². The van der Waals surface area contributed by atoms with Crippen molar-refractivity contribution >= 4 is 11.6 Å². The molecule has 0 amide bonds. The zero-order valence-electron chi connectivity index (χ0n) is 12.4. The number of hydrogen-bond donors (Lipinski definition) is 2. The van der Waals surface area contributed by atoms with Gasteiger partial charge in [0, 0.05) is 24.2 Å². The fourth-order valence-corrected chi connectivity index (χ4v) is 2.61. The topological polar surface area (TPSA) is 50.7 Å². The second-order valence-electron chi connectivity index (χ2n) is 5.58. The summed E-state index contributed by atoms with van der Waals surface area (Å²) in [4.78, 5) is 0. The molecule has 1 saturated heterocycles. The lowest BCUT2D eigenvalue weighted by molar-refractivity contribution is 0.0268. The minimum absolute atomic E-state index is 0.298. The summed E-state index contributed by atoms with van der Waals surface area (Å²) in [6, 6.07) is 7.93. The van der Waals surface area contributed by atoms with Crippen LogP contribution in [0.15, 0.2) is 24.3 Å². The van der Waals surface area contributed by atoms with Crippen LogP contribution in [0.2, 0.25) is 5.02 Å². The van der Waals surface area contributed by atoms with Gasteiger partial charge in [0.1, 0.15) is 0 Å². The maximum absolute atomic E-state index is 9.94. The molecule has 1 aromatic carbocycles. The molecule has 1 aromatic rings. The molecule has 2 N–H and O–H groups in total. The Morgan fingerprint density at radius 3 is 3.00 bits per heavy atom. The predicted molar refractivity (Wildman–Crippen MR) is 83.5 cm³/mol. The van der Waals surface area contributed by atoms with Gasteiger partial charge in [-0.25, -0.2) is 0 Å². The molecule has 4 nitrogen and oxygen atoms in total. The highest BCUT2D eigenvalue weighted by Crippen LogP contribution is 2.17. The zero-order valence-corrected chi connectivity index (χ0v) is 13.2. The normalized spacial score (nSPS) is 21.4. The van der Waals surface area contributed by atoms with Crippen LogP contribution in [0, 0.1) is 5.92 Å². The van der Waals surface area contributed by atoms with E-state index in [1.165, 1.54) is 0 Å². The minimum Gasteiger partial charge on any atom is -0.389 e. The third-order valence-electron chi connectivity index (χ3n) is 3.87. The number of ether oxygens (including phenoxy) is 2. The monoisotopic (exact) mass is 313 g/mol. The van der Waals surface area contributed by atoms with Crippen molar-refractivity contribution in [2.75, 3.05) is 26.4 Å². The molecule has 0 spiro atoms. The largest absolute Gasteiger partial charge is 0.389 e. The van der Waals surface area contributed by atoms with E-state index >= 15 is 0 Å². The molecule has 21 heavy (non-hydrogen) atoms.